The van der Waals surface area contributed by atoms with Gasteiger partial charge in [0.1, 0.15) is 0 Å². The Balaban J connectivity index is 2.25. The number of amides is 1. The summed E-state index contributed by atoms with van der Waals surface area (Å²) in [5.41, 5.74) is -0.0119. The maximum Gasteiger partial charge on any atom is 0.308 e. The van der Waals surface area contributed by atoms with Crippen LogP contribution in [0.5, 0.6) is 0 Å². The summed E-state index contributed by atoms with van der Waals surface area (Å²) < 4.78 is 26.4. The van der Waals surface area contributed by atoms with Gasteiger partial charge in [-0.25, -0.2) is 8.78 Å². The molecule has 7 heteroatoms. The smallest absolute Gasteiger partial charge is 0.308 e. The molecule has 1 saturated heterocycles. The third-order valence-electron chi connectivity index (χ3n) is 3.46. The zero-order valence-electron chi connectivity index (χ0n) is 10.6. The van der Waals surface area contributed by atoms with Crippen LogP contribution in [0.3, 0.4) is 0 Å². The molecule has 1 aromatic rings. The van der Waals surface area contributed by atoms with Gasteiger partial charge < -0.3 is 10.0 Å². The molecule has 1 aliphatic heterocycles. The number of carbonyl (C=O) groups excluding carboxylic acids is 1. The number of benzene rings is 1. The summed E-state index contributed by atoms with van der Waals surface area (Å²) in [5, 5.41) is 9.03. The number of carboxylic acid groups (broad SMARTS) is 1. The lowest BCUT2D eigenvalue weighted by molar-refractivity contribution is -0.142. The molecule has 0 bridgehead atoms. The third kappa shape index (κ3) is 2.67. The van der Waals surface area contributed by atoms with Gasteiger partial charge in [-0.1, -0.05) is 6.92 Å². The van der Waals surface area contributed by atoms with Crippen LogP contribution in [0.4, 0.5) is 8.78 Å². The van der Waals surface area contributed by atoms with Gasteiger partial charge in [0.2, 0.25) is 0 Å². The number of carbonyl (C=O) groups is 2. The molecule has 1 heterocycles. The van der Waals surface area contributed by atoms with E-state index in [1.807, 2.05) is 0 Å². The minimum atomic E-state index is -1.11. The Labute approximate surface area is 122 Å². The second kappa shape index (κ2) is 5.47. The first-order valence-corrected chi connectivity index (χ1v) is 6.77. The predicted molar refractivity (Wildman–Crippen MR) is 70.3 cm³/mol. The maximum absolute atomic E-state index is 13.2. The van der Waals surface area contributed by atoms with E-state index in [-0.39, 0.29) is 29.0 Å². The van der Waals surface area contributed by atoms with E-state index in [4.69, 9.17) is 5.11 Å². The number of hydrogen-bond donors (Lipinski definition) is 1. The van der Waals surface area contributed by atoms with Gasteiger partial charge in [-0.3, -0.25) is 9.59 Å². The van der Waals surface area contributed by atoms with E-state index in [9.17, 15) is 18.4 Å². The van der Waals surface area contributed by atoms with Crippen molar-refractivity contribution in [1.29, 1.82) is 0 Å². The molecule has 2 rings (SSSR count). The first-order chi connectivity index (χ1) is 9.31. The number of aliphatic carboxylic acids is 1. The van der Waals surface area contributed by atoms with Crippen molar-refractivity contribution >= 4 is 27.8 Å². The first-order valence-electron chi connectivity index (χ1n) is 5.98. The van der Waals surface area contributed by atoms with Crippen molar-refractivity contribution < 1.29 is 23.5 Å². The molecule has 1 aromatic carbocycles. The van der Waals surface area contributed by atoms with E-state index in [1.54, 1.807) is 6.92 Å². The number of rotatable bonds is 2. The lowest BCUT2D eigenvalue weighted by Crippen LogP contribution is -2.30. The van der Waals surface area contributed by atoms with Crippen LogP contribution in [0.25, 0.3) is 0 Å². The molecule has 1 N–H and O–H groups in total. The van der Waals surface area contributed by atoms with Gasteiger partial charge >= 0.3 is 5.97 Å². The van der Waals surface area contributed by atoms with Crippen LogP contribution in [-0.4, -0.2) is 35.0 Å². The Bertz CT molecular complexity index is 579. The topological polar surface area (TPSA) is 57.6 Å². The number of nitrogens with zero attached hydrogens (tertiary/aromatic N) is 1. The van der Waals surface area contributed by atoms with Crippen molar-refractivity contribution in [3.8, 4) is 0 Å². The average Bonchev–Trinajstić information content (AvgIpc) is 2.75. The Hall–Kier alpha value is -1.50. The second-order valence-corrected chi connectivity index (χ2v) is 5.73. The predicted octanol–water partition coefficient (Wildman–Crippen LogP) is 2.52. The summed E-state index contributed by atoms with van der Waals surface area (Å²) in [4.78, 5) is 24.6. The molecule has 1 amide bonds. The van der Waals surface area contributed by atoms with E-state index >= 15 is 0 Å². The van der Waals surface area contributed by atoms with E-state index in [2.05, 4.69) is 15.9 Å². The summed E-state index contributed by atoms with van der Waals surface area (Å²) in [5.74, 6) is -4.45. The molecule has 1 aliphatic rings. The highest BCUT2D eigenvalue weighted by Crippen LogP contribution is 2.28. The molecular formula is C13H12BrF2NO3. The molecule has 20 heavy (non-hydrogen) atoms. The number of likely N-dealkylation sites (tertiary alicyclic amines) is 1. The van der Waals surface area contributed by atoms with Crippen molar-refractivity contribution in [2.75, 3.05) is 13.1 Å². The molecular weight excluding hydrogens is 336 g/mol. The van der Waals surface area contributed by atoms with Crippen LogP contribution in [-0.2, 0) is 4.79 Å². The van der Waals surface area contributed by atoms with Crippen molar-refractivity contribution in [2.24, 2.45) is 11.8 Å². The van der Waals surface area contributed by atoms with Crippen molar-refractivity contribution in [2.45, 2.75) is 6.92 Å². The molecule has 4 nitrogen and oxygen atoms in total. The Morgan fingerprint density at radius 1 is 1.30 bits per heavy atom. The molecule has 1 fully saturated rings. The highest BCUT2D eigenvalue weighted by atomic mass is 79.9. The van der Waals surface area contributed by atoms with Crippen LogP contribution >= 0.6 is 15.9 Å². The first kappa shape index (κ1) is 14.9. The highest BCUT2D eigenvalue weighted by molar-refractivity contribution is 9.10. The zero-order valence-corrected chi connectivity index (χ0v) is 12.2. The molecule has 0 saturated carbocycles. The van der Waals surface area contributed by atoms with Crippen LogP contribution in [0.1, 0.15) is 17.3 Å². The Morgan fingerprint density at radius 2 is 1.90 bits per heavy atom. The van der Waals surface area contributed by atoms with Crippen LogP contribution in [0.2, 0.25) is 0 Å². The van der Waals surface area contributed by atoms with Crippen LogP contribution in [0, 0.1) is 23.5 Å². The van der Waals surface area contributed by atoms with Gasteiger partial charge in [-0.15, -0.1) is 0 Å². The molecule has 0 aromatic heterocycles. The fourth-order valence-electron chi connectivity index (χ4n) is 2.31. The van der Waals surface area contributed by atoms with Crippen LogP contribution in [0.15, 0.2) is 16.6 Å². The summed E-state index contributed by atoms with van der Waals surface area (Å²) in [6, 6.07) is 1.71. The van der Waals surface area contributed by atoms with Crippen LogP contribution < -0.4 is 0 Å². The monoisotopic (exact) mass is 347 g/mol. The number of halogens is 3. The lowest BCUT2D eigenvalue weighted by Gasteiger charge is -2.17. The zero-order chi connectivity index (χ0) is 15.0. The standard InChI is InChI=1S/C13H12BrF2NO3/c1-6-4-17(5-8(6)13(19)20)12(18)7-2-10(15)11(16)3-9(7)14/h2-3,6,8H,4-5H2,1H3,(H,19,20)/t6-,8-/m1/s1. The largest absolute Gasteiger partial charge is 0.481 e. The van der Waals surface area contributed by atoms with Gasteiger partial charge in [-0.2, -0.15) is 0 Å². The van der Waals surface area contributed by atoms with E-state index in [1.165, 1.54) is 4.90 Å². The van der Waals surface area contributed by atoms with Gasteiger partial charge in [0.15, 0.2) is 11.6 Å². The highest BCUT2D eigenvalue weighted by Gasteiger charge is 2.37. The van der Waals surface area contributed by atoms with E-state index in [0.717, 1.165) is 12.1 Å². The minimum Gasteiger partial charge on any atom is -0.481 e. The van der Waals surface area contributed by atoms with Gasteiger partial charge in [0, 0.05) is 17.6 Å². The van der Waals surface area contributed by atoms with Gasteiger partial charge in [0.05, 0.1) is 11.5 Å². The fraction of sp³-hybridized carbons (Fsp3) is 0.385. The fourth-order valence-corrected chi connectivity index (χ4v) is 2.80. The average molecular weight is 348 g/mol. The maximum atomic E-state index is 13.2. The van der Waals surface area contributed by atoms with E-state index < -0.39 is 29.4 Å². The van der Waals surface area contributed by atoms with Crippen molar-refractivity contribution in [3.05, 3.63) is 33.8 Å². The van der Waals surface area contributed by atoms with Crippen molar-refractivity contribution in [3.63, 3.8) is 0 Å². The normalized spacial score (nSPS) is 22.1. The Morgan fingerprint density at radius 3 is 2.45 bits per heavy atom. The van der Waals surface area contributed by atoms with E-state index in [0.29, 0.717) is 0 Å². The second-order valence-electron chi connectivity index (χ2n) is 4.88. The molecule has 108 valence electrons. The van der Waals surface area contributed by atoms with Crippen molar-refractivity contribution in [1.82, 2.24) is 4.90 Å². The van der Waals surface area contributed by atoms with Gasteiger partial charge in [-0.05, 0) is 34.0 Å². The lowest BCUT2D eigenvalue weighted by atomic mass is 9.99. The quantitative estimate of drug-likeness (QED) is 0.836. The molecule has 0 spiro atoms. The Kier molecular flexibility index (Phi) is 4.08. The molecule has 0 aliphatic carbocycles. The van der Waals surface area contributed by atoms with Gasteiger partial charge in [0.25, 0.3) is 5.91 Å². The summed E-state index contributed by atoms with van der Waals surface area (Å²) >= 11 is 3.02. The SMILES string of the molecule is C[C@@H]1CN(C(=O)c2cc(F)c(F)cc2Br)C[C@H]1C(=O)O. The minimum absolute atomic E-state index is 0.0119. The molecule has 0 radical (unpaired) electrons. The molecule has 0 unspecified atom stereocenters. The molecule has 2 atom stereocenters. The number of hydrogen-bond acceptors (Lipinski definition) is 2. The number of carboxylic acids is 1. The summed E-state index contributed by atoms with van der Waals surface area (Å²) in [7, 11) is 0. The summed E-state index contributed by atoms with van der Waals surface area (Å²) in [6.45, 7) is 2.09. The third-order valence-corrected chi connectivity index (χ3v) is 4.11. The summed E-state index contributed by atoms with van der Waals surface area (Å²) in [6.07, 6.45) is 0.